The van der Waals surface area contributed by atoms with Gasteiger partial charge in [0.05, 0.1) is 6.61 Å². The van der Waals surface area contributed by atoms with E-state index in [9.17, 15) is 4.79 Å². The maximum Gasteiger partial charge on any atom is 0.315 e. The highest BCUT2D eigenvalue weighted by Gasteiger charge is 2.20. The third-order valence-corrected chi connectivity index (χ3v) is 5.77. The number of rotatable bonds is 8. The number of carbonyl (C=O) groups is 1. The van der Waals surface area contributed by atoms with E-state index in [0.29, 0.717) is 13.2 Å². The lowest BCUT2D eigenvalue weighted by Gasteiger charge is -2.32. The molecule has 0 bridgehead atoms. The Morgan fingerprint density at radius 1 is 1.03 bits per heavy atom. The molecule has 3 rings (SSSR count). The smallest absolute Gasteiger partial charge is 0.315 e. The summed E-state index contributed by atoms with van der Waals surface area (Å²) in [5, 5.41) is 6.07. The SMILES string of the molecule is CC(C)(C)c1ccc(OCCCNC(=O)NC2CCN(Cc3ccccc3)CC2)cc1. The number of hydrogen-bond donors (Lipinski definition) is 2. The molecule has 0 atom stereocenters. The zero-order valence-corrected chi connectivity index (χ0v) is 19.2. The molecule has 1 fully saturated rings. The lowest BCUT2D eigenvalue weighted by Crippen LogP contribution is -2.47. The summed E-state index contributed by atoms with van der Waals surface area (Å²) < 4.78 is 5.79. The fourth-order valence-corrected chi connectivity index (χ4v) is 3.83. The number of piperidine rings is 1. The highest BCUT2D eigenvalue weighted by molar-refractivity contribution is 5.74. The van der Waals surface area contributed by atoms with E-state index in [1.54, 1.807) is 0 Å². The molecular weight excluding hydrogens is 386 g/mol. The number of ether oxygens (including phenoxy) is 1. The van der Waals surface area contributed by atoms with Crippen molar-refractivity contribution in [3.63, 3.8) is 0 Å². The summed E-state index contributed by atoms with van der Waals surface area (Å²) in [7, 11) is 0. The van der Waals surface area contributed by atoms with Gasteiger partial charge in [-0.1, -0.05) is 63.2 Å². The third kappa shape index (κ3) is 7.91. The van der Waals surface area contributed by atoms with E-state index in [1.807, 2.05) is 12.1 Å². The van der Waals surface area contributed by atoms with Crippen molar-refractivity contribution in [1.82, 2.24) is 15.5 Å². The molecule has 0 radical (unpaired) electrons. The van der Waals surface area contributed by atoms with Crippen molar-refractivity contribution in [3.8, 4) is 5.75 Å². The Kier molecular flexibility index (Phi) is 8.35. The van der Waals surface area contributed by atoms with Gasteiger partial charge in [-0.2, -0.15) is 0 Å². The number of likely N-dealkylation sites (tertiary alicyclic amines) is 1. The first-order valence-electron chi connectivity index (χ1n) is 11.4. The zero-order chi connectivity index (χ0) is 22.1. The van der Waals surface area contributed by atoms with Crippen molar-refractivity contribution in [3.05, 3.63) is 65.7 Å². The minimum atomic E-state index is -0.0731. The Morgan fingerprint density at radius 2 is 1.71 bits per heavy atom. The van der Waals surface area contributed by atoms with Gasteiger partial charge < -0.3 is 15.4 Å². The normalized spacial score (nSPS) is 15.5. The minimum absolute atomic E-state index is 0.0731. The Hall–Kier alpha value is -2.53. The van der Waals surface area contributed by atoms with Crippen LogP contribution in [0.15, 0.2) is 54.6 Å². The maximum atomic E-state index is 12.2. The van der Waals surface area contributed by atoms with Crippen LogP contribution in [0.4, 0.5) is 4.79 Å². The fraction of sp³-hybridized carbons (Fsp3) is 0.500. The van der Waals surface area contributed by atoms with Crippen molar-refractivity contribution < 1.29 is 9.53 Å². The first kappa shape index (κ1) is 23.1. The van der Waals surface area contributed by atoms with Crippen molar-refractivity contribution in [2.45, 2.75) is 58.0 Å². The Labute approximate surface area is 187 Å². The lowest BCUT2D eigenvalue weighted by molar-refractivity contribution is 0.186. The van der Waals surface area contributed by atoms with Crippen LogP contribution in [0.5, 0.6) is 5.75 Å². The quantitative estimate of drug-likeness (QED) is 0.604. The molecule has 2 aromatic carbocycles. The maximum absolute atomic E-state index is 12.2. The molecule has 2 N–H and O–H groups in total. The highest BCUT2D eigenvalue weighted by Crippen LogP contribution is 2.24. The zero-order valence-electron chi connectivity index (χ0n) is 19.2. The summed E-state index contributed by atoms with van der Waals surface area (Å²) in [4.78, 5) is 14.6. The molecule has 0 unspecified atom stereocenters. The Balaban J connectivity index is 1.25. The molecule has 1 saturated heterocycles. The second-order valence-electron chi connectivity index (χ2n) is 9.41. The topological polar surface area (TPSA) is 53.6 Å². The minimum Gasteiger partial charge on any atom is -0.494 e. The average Bonchev–Trinajstić information content (AvgIpc) is 2.75. The Bertz CT molecular complexity index is 792. The van der Waals surface area contributed by atoms with Crippen molar-refractivity contribution in [2.24, 2.45) is 0 Å². The molecule has 5 nitrogen and oxygen atoms in total. The number of urea groups is 1. The molecule has 2 aromatic rings. The standard InChI is InChI=1S/C26H37N3O2/c1-26(2,3)22-10-12-24(13-11-22)31-19-7-16-27-25(30)28-23-14-17-29(18-15-23)20-21-8-5-4-6-9-21/h4-6,8-13,23H,7,14-20H2,1-3H3,(H2,27,28,30). The molecule has 0 spiro atoms. The Morgan fingerprint density at radius 3 is 2.35 bits per heavy atom. The predicted octanol–water partition coefficient (Wildman–Crippen LogP) is 4.72. The largest absolute Gasteiger partial charge is 0.494 e. The van der Waals surface area contributed by atoms with E-state index in [-0.39, 0.29) is 17.5 Å². The molecule has 1 aliphatic rings. The van der Waals surface area contributed by atoms with Crippen LogP contribution < -0.4 is 15.4 Å². The lowest BCUT2D eigenvalue weighted by atomic mass is 9.87. The predicted molar refractivity (Wildman–Crippen MR) is 127 cm³/mol. The van der Waals surface area contributed by atoms with Crippen LogP contribution in [0.2, 0.25) is 0 Å². The number of nitrogens with one attached hydrogen (secondary N) is 2. The van der Waals surface area contributed by atoms with Gasteiger partial charge in [-0.15, -0.1) is 0 Å². The first-order valence-corrected chi connectivity index (χ1v) is 11.4. The number of amides is 2. The molecule has 1 aliphatic heterocycles. The molecule has 0 saturated carbocycles. The first-order chi connectivity index (χ1) is 14.9. The molecule has 1 heterocycles. The molecule has 0 aliphatic carbocycles. The van der Waals surface area contributed by atoms with Crippen molar-refractivity contribution >= 4 is 6.03 Å². The van der Waals surface area contributed by atoms with Crippen LogP contribution >= 0.6 is 0 Å². The molecule has 5 heteroatoms. The molecule has 0 aromatic heterocycles. The highest BCUT2D eigenvalue weighted by atomic mass is 16.5. The van der Waals surface area contributed by atoms with Gasteiger partial charge in [0.15, 0.2) is 0 Å². The van der Waals surface area contributed by atoms with Crippen LogP contribution in [0.3, 0.4) is 0 Å². The summed E-state index contributed by atoms with van der Waals surface area (Å²) in [5.41, 5.74) is 2.79. The molecular formula is C26H37N3O2. The van der Waals surface area contributed by atoms with Gasteiger partial charge in [0.2, 0.25) is 0 Å². The van der Waals surface area contributed by atoms with E-state index in [1.165, 1.54) is 11.1 Å². The van der Waals surface area contributed by atoms with Crippen molar-refractivity contribution in [1.29, 1.82) is 0 Å². The summed E-state index contributed by atoms with van der Waals surface area (Å²) >= 11 is 0. The summed E-state index contributed by atoms with van der Waals surface area (Å²) in [6.07, 6.45) is 2.77. The van der Waals surface area contributed by atoms with Gasteiger partial charge in [0.1, 0.15) is 5.75 Å². The van der Waals surface area contributed by atoms with Gasteiger partial charge in [0.25, 0.3) is 0 Å². The van der Waals surface area contributed by atoms with Gasteiger partial charge in [-0.3, -0.25) is 4.90 Å². The third-order valence-electron chi connectivity index (χ3n) is 5.77. The summed E-state index contributed by atoms with van der Waals surface area (Å²) in [6, 6.07) is 19.0. The average molecular weight is 424 g/mol. The number of carbonyl (C=O) groups excluding carboxylic acids is 1. The number of benzene rings is 2. The monoisotopic (exact) mass is 423 g/mol. The summed E-state index contributed by atoms with van der Waals surface area (Å²) in [5.74, 6) is 0.875. The second kappa shape index (κ2) is 11.2. The van der Waals surface area contributed by atoms with Crippen LogP contribution in [-0.2, 0) is 12.0 Å². The number of nitrogens with zero attached hydrogens (tertiary/aromatic N) is 1. The number of hydrogen-bond acceptors (Lipinski definition) is 3. The summed E-state index contributed by atoms with van der Waals surface area (Å²) in [6.45, 7) is 10.8. The van der Waals surface area contributed by atoms with Gasteiger partial charge in [-0.25, -0.2) is 4.79 Å². The van der Waals surface area contributed by atoms with Crippen molar-refractivity contribution in [2.75, 3.05) is 26.2 Å². The van der Waals surface area contributed by atoms with E-state index in [4.69, 9.17) is 4.74 Å². The van der Waals surface area contributed by atoms with Crippen LogP contribution in [-0.4, -0.2) is 43.2 Å². The van der Waals surface area contributed by atoms with E-state index >= 15 is 0 Å². The van der Waals surface area contributed by atoms with Crippen LogP contribution in [0.1, 0.15) is 51.2 Å². The van der Waals surface area contributed by atoms with E-state index in [2.05, 4.69) is 78.8 Å². The van der Waals surface area contributed by atoms with Gasteiger partial charge in [-0.05, 0) is 47.9 Å². The molecule has 31 heavy (non-hydrogen) atoms. The van der Waals surface area contributed by atoms with Crippen LogP contribution in [0.25, 0.3) is 0 Å². The van der Waals surface area contributed by atoms with Gasteiger partial charge in [0, 0.05) is 32.2 Å². The fourth-order valence-electron chi connectivity index (χ4n) is 3.83. The van der Waals surface area contributed by atoms with E-state index < -0.39 is 0 Å². The van der Waals surface area contributed by atoms with Crippen LogP contribution in [0, 0.1) is 0 Å². The second-order valence-corrected chi connectivity index (χ2v) is 9.41. The molecule has 2 amide bonds. The van der Waals surface area contributed by atoms with E-state index in [0.717, 1.165) is 44.6 Å². The molecule has 168 valence electrons. The van der Waals surface area contributed by atoms with Gasteiger partial charge >= 0.3 is 6.03 Å².